The van der Waals surface area contributed by atoms with Gasteiger partial charge in [-0.3, -0.25) is 0 Å². The lowest BCUT2D eigenvalue weighted by atomic mass is 10.1. The minimum absolute atomic E-state index is 0.0753. The first kappa shape index (κ1) is 10.2. The second-order valence-electron chi connectivity index (χ2n) is 3.47. The molecule has 0 aromatic heterocycles. The predicted molar refractivity (Wildman–Crippen MR) is 54.6 cm³/mol. The van der Waals surface area contributed by atoms with Gasteiger partial charge in [0.1, 0.15) is 0 Å². The van der Waals surface area contributed by atoms with E-state index in [2.05, 4.69) is 31.2 Å². The summed E-state index contributed by atoms with van der Waals surface area (Å²) in [5.41, 5.74) is 8.16. The Labute approximate surface area is 79.4 Å². The highest BCUT2D eigenvalue weighted by Gasteiger charge is 2.00. The van der Waals surface area contributed by atoms with Crippen molar-refractivity contribution in [3.05, 3.63) is 35.4 Å². The molecular weight excluding hydrogens is 162 g/mol. The van der Waals surface area contributed by atoms with Gasteiger partial charge in [0.25, 0.3) is 0 Å². The van der Waals surface area contributed by atoms with E-state index in [1.807, 2.05) is 0 Å². The van der Waals surface area contributed by atoms with Crippen molar-refractivity contribution in [1.82, 2.24) is 0 Å². The normalized spacial score (nSPS) is 12.8. The molecule has 2 heteroatoms. The molecule has 1 aromatic carbocycles. The molecule has 1 atom stereocenters. The Bertz CT molecular complexity index is 243. The van der Waals surface area contributed by atoms with E-state index in [4.69, 9.17) is 10.8 Å². The zero-order valence-corrected chi connectivity index (χ0v) is 8.03. The molecule has 2 nitrogen and oxygen atoms in total. The molecule has 0 radical (unpaired) electrons. The lowest BCUT2D eigenvalue weighted by molar-refractivity contribution is 0.260. The molecular formula is C11H17NO. The van der Waals surface area contributed by atoms with Crippen LogP contribution in [0.5, 0.6) is 0 Å². The summed E-state index contributed by atoms with van der Waals surface area (Å²) < 4.78 is 0. The fraction of sp³-hybridized carbons (Fsp3) is 0.455. The second-order valence-corrected chi connectivity index (χ2v) is 3.47. The van der Waals surface area contributed by atoms with Crippen LogP contribution < -0.4 is 5.73 Å². The third-order valence-corrected chi connectivity index (χ3v) is 2.16. The first-order chi connectivity index (χ1) is 6.22. The van der Waals surface area contributed by atoms with E-state index in [1.165, 1.54) is 11.1 Å². The van der Waals surface area contributed by atoms with Gasteiger partial charge in [0.15, 0.2) is 0 Å². The summed E-state index contributed by atoms with van der Waals surface area (Å²) in [6.07, 6.45) is 1.79. The molecule has 0 bridgehead atoms. The number of benzene rings is 1. The molecule has 0 spiro atoms. The van der Waals surface area contributed by atoms with Crippen molar-refractivity contribution in [2.24, 2.45) is 5.73 Å². The number of hydrogen-bond donors (Lipinski definition) is 2. The number of hydrogen-bond acceptors (Lipinski definition) is 2. The predicted octanol–water partition coefficient (Wildman–Crippen LogP) is 1.25. The maximum absolute atomic E-state index is 8.73. The largest absolute Gasteiger partial charge is 0.395 e. The molecule has 3 N–H and O–H groups in total. The first-order valence-corrected chi connectivity index (χ1v) is 4.64. The minimum atomic E-state index is -0.0821. The minimum Gasteiger partial charge on any atom is -0.395 e. The van der Waals surface area contributed by atoms with Gasteiger partial charge in [-0.25, -0.2) is 0 Å². The average molecular weight is 179 g/mol. The first-order valence-electron chi connectivity index (χ1n) is 4.64. The highest BCUT2D eigenvalue weighted by Crippen LogP contribution is 2.06. The summed E-state index contributed by atoms with van der Waals surface area (Å²) in [7, 11) is 0. The Kier molecular flexibility index (Phi) is 3.93. The Hall–Kier alpha value is -0.860. The van der Waals surface area contributed by atoms with Crippen molar-refractivity contribution in [3.63, 3.8) is 0 Å². The molecule has 0 fully saturated rings. The van der Waals surface area contributed by atoms with Crippen LogP contribution in [0.2, 0.25) is 0 Å². The molecule has 1 rings (SSSR count). The lowest BCUT2D eigenvalue weighted by Crippen LogP contribution is -2.24. The summed E-state index contributed by atoms with van der Waals surface area (Å²) in [5, 5.41) is 8.73. The van der Waals surface area contributed by atoms with Crippen LogP contribution in [-0.4, -0.2) is 17.8 Å². The fourth-order valence-corrected chi connectivity index (χ4v) is 1.20. The summed E-state index contributed by atoms with van der Waals surface area (Å²) in [5.74, 6) is 0. The second kappa shape index (κ2) is 5.00. The fourth-order valence-electron chi connectivity index (χ4n) is 1.20. The van der Waals surface area contributed by atoms with Crippen LogP contribution in [0.1, 0.15) is 17.5 Å². The Morgan fingerprint density at radius 3 is 2.46 bits per heavy atom. The third kappa shape index (κ3) is 3.57. The van der Waals surface area contributed by atoms with E-state index in [1.54, 1.807) is 0 Å². The van der Waals surface area contributed by atoms with Crippen molar-refractivity contribution in [2.45, 2.75) is 25.8 Å². The lowest BCUT2D eigenvalue weighted by Gasteiger charge is -2.07. The van der Waals surface area contributed by atoms with Crippen LogP contribution in [0.25, 0.3) is 0 Å². The molecule has 0 aliphatic rings. The summed E-state index contributed by atoms with van der Waals surface area (Å²) in [4.78, 5) is 0. The van der Waals surface area contributed by atoms with Crippen LogP contribution in [0, 0.1) is 6.92 Å². The van der Waals surface area contributed by atoms with Crippen LogP contribution in [0.3, 0.4) is 0 Å². The van der Waals surface area contributed by atoms with Crippen LogP contribution in [0.15, 0.2) is 24.3 Å². The van der Waals surface area contributed by atoms with Gasteiger partial charge in [0.05, 0.1) is 6.61 Å². The van der Waals surface area contributed by atoms with Gasteiger partial charge < -0.3 is 10.8 Å². The molecule has 0 aliphatic heterocycles. The average Bonchev–Trinajstić information content (AvgIpc) is 2.16. The topological polar surface area (TPSA) is 46.2 Å². The van der Waals surface area contributed by atoms with E-state index < -0.39 is 0 Å². The SMILES string of the molecule is Cc1ccc(CCC(N)CO)cc1. The number of rotatable bonds is 4. The molecule has 0 amide bonds. The monoisotopic (exact) mass is 179 g/mol. The number of aryl methyl sites for hydroxylation is 2. The Morgan fingerprint density at radius 2 is 1.92 bits per heavy atom. The van der Waals surface area contributed by atoms with E-state index in [9.17, 15) is 0 Å². The van der Waals surface area contributed by atoms with E-state index >= 15 is 0 Å². The maximum atomic E-state index is 8.73. The summed E-state index contributed by atoms with van der Waals surface area (Å²) in [6, 6.07) is 8.33. The highest BCUT2D eigenvalue weighted by atomic mass is 16.3. The van der Waals surface area contributed by atoms with E-state index in [0.717, 1.165) is 12.8 Å². The Balaban J connectivity index is 2.41. The van der Waals surface area contributed by atoms with E-state index in [0.29, 0.717) is 0 Å². The van der Waals surface area contributed by atoms with Crippen molar-refractivity contribution < 1.29 is 5.11 Å². The third-order valence-electron chi connectivity index (χ3n) is 2.16. The van der Waals surface area contributed by atoms with E-state index in [-0.39, 0.29) is 12.6 Å². The van der Waals surface area contributed by atoms with Crippen LogP contribution in [-0.2, 0) is 6.42 Å². The standard InChI is InChI=1S/C11H17NO/c1-9-2-4-10(5-3-9)6-7-11(12)8-13/h2-5,11,13H,6-8,12H2,1H3. The van der Waals surface area contributed by atoms with Crippen molar-refractivity contribution >= 4 is 0 Å². The van der Waals surface area contributed by atoms with Crippen LogP contribution in [0.4, 0.5) is 0 Å². The molecule has 1 unspecified atom stereocenters. The van der Waals surface area contributed by atoms with Gasteiger partial charge in [-0.15, -0.1) is 0 Å². The molecule has 0 saturated heterocycles. The molecule has 1 aromatic rings. The zero-order chi connectivity index (χ0) is 9.68. The van der Waals surface area contributed by atoms with Gasteiger partial charge >= 0.3 is 0 Å². The van der Waals surface area contributed by atoms with Crippen LogP contribution >= 0.6 is 0 Å². The van der Waals surface area contributed by atoms with Gasteiger partial charge in [0, 0.05) is 6.04 Å². The van der Waals surface area contributed by atoms with Gasteiger partial charge in [-0.2, -0.15) is 0 Å². The summed E-state index contributed by atoms with van der Waals surface area (Å²) in [6.45, 7) is 2.15. The number of nitrogens with two attached hydrogens (primary N) is 1. The quantitative estimate of drug-likeness (QED) is 0.730. The highest BCUT2D eigenvalue weighted by molar-refractivity contribution is 5.21. The number of aliphatic hydroxyl groups is 1. The van der Waals surface area contributed by atoms with Crippen molar-refractivity contribution in [3.8, 4) is 0 Å². The zero-order valence-electron chi connectivity index (χ0n) is 8.03. The van der Waals surface area contributed by atoms with Gasteiger partial charge in [0.2, 0.25) is 0 Å². The molecule has 0 aliphatic carbocycles. The van der Waals surface area contributed by atoms with Gasteiger partial charge in [-0.1, -0.05) is 29.8 Å². The molecule has 0 heterocycles. The smallest absolute Gasteiger partial charge is 0.0582 e. The number of aliphatic hydroxyl groups excluding tert-OH is 1. The van der Waals surface area contributed by atoms with Crippen molar-refractivity contribution in [1.29, 1.82) is 0 Å². The van der Waals surface area contributed by atoms with Crippen molar-refractivity contribution in [2.75, 3.05) is 6.61 Å². The Morgan fingerprint density at radius 1 is 1.31 bits per heavy atom. The van der Waals surface area contributed by atoms with Gasteiger partial charge in [-0.05, 0) is 25.3 Å². The maximum Gasteiger partial charge on any atom is 0.0582 e. The molecule has 13 heavy (non-hydrogen) atoms. The molecule has 72 valence electrons. The summed E-state index contributed by atoms with van der Waals surface area (Å²) >= 11 is 0. The molecule has 0 saturated carbocycles.